The van der Waals surface area contributed by atoms with Crippen LogP contribution in [-0.4, -0.2) is 27.0 Å². The van der Waals surface area contributed by atoms with E-state index in [1.165, 1.54) is 17.5 Å². The summed E-state index contributed by atoms with van der Waals surface area (Å²) >= 11 is 1.31. The molecule has 0 radical (unpaired) electrons. The second-order valence-electron chi connectivity index (χ2n) is 5.38. The first kappa shape index (κ1) is 14.4. The Hall–Kier alpha value is -3.23. The van der Waals surface area contributed by atoms with Crippen molar-refractivity contribution < 1.29 is 4.79 Å². The summed E-state index contributed by atoms with van der Waals surface area (Å²) in [5.41, 5.74) is 2.34. The molecular formula is C16H10N6OS. The van der Waals surface area contributed by atoms with Crippen molar-refractivity contribution in [2.24, 2.45) is 5.92 Å². The summed E-state index contributed by atoms with van der Waals surface area (Å²) in [6.45, 7) is 0.521. The average molecular weight is 334 g/mol. The first-order valence-corrected chi connectivity index (χ1v) is 8.07. The number of carbonyl (C=O) groups is 1. The normalized spacial score (nSPS) is 17.2. The summed E-state index contributed by atoms with van der Waals surface area (Å²) in [6, 6.07) is 7.80. The van der Waals surface area contributed by atoms with Gasteiger partial charge in [-0.2, -0.15) is 15.6 Å². The van der Waals surface area contributed by atoms with Gasteiger partial charge in [-0.25, -0.2) is 9.50 Å². The third-order valence-corrected chi connectivity index (χ3v) is 4.95. The molecule has 0 N–H and O–H groups in total. The minimum atomic E-state index is -0.579. The average Bonchev–Trinajstić information content (AvgIpc) is 3.31. The van der Waals surface area contributed by atoms with Crippen LogP contribution in [0.2, 0.25) is 0 Å². The number of amides is 1. The van der Waals surface area contributed by atoms with Crippen molar-refractivity contribution in [2.45, 2.75) is 6.42 Å². The summed E-state index contributed by atoms with van der Waals surface area (Å²) in [7, 11) is 0. The van der Waals surface area contributed by atoms with Gasteiger partial charge in [0, 0.05) is 24.5 Å². The van der Waals surface area contributed by atoms with Gasteiger partial charge in [0.05, 0.1) is 23.5 Å². The van der Waals surface area contributed by atoms with Gasteiger partial charge >= 0.3 is 0 Å². The maximum atomic E-state index is 12.3. The third kappa shape index (κ3) is 2.13. The van der Waals surface area contributed by atoms with Gasteiger partial charge in [-0.3, -0.25) is 4.79 Å². The molecule has 24 heavy (non-hydrogen) atoms. The van der Waals surface area contributed by atoms with E-state index >= 15 is 0 Å². The minimum Gasteiger partial charge on any atom is -0.309 e. The van der Waals surface area contributed by atoms with Crippen molar-refractivity contribution in [1.82, 2.24) is 14.6 Å². The molecule has 0 spiro atoms. The smallest absolute Gasteiger partial charge is 0.244 e. The topological polar surface area (TPSA) is 98.1 Å². The number of hydrogen-bond acceptors (Lipinski definition) is 6. The fourth-order valence-corrected chi connectivity index (χ4v) is 3.54. The molecular weight excluding hydrogens is 324 g/mol. The lowest BCUT2D eigenvalue weighted by Gasteiger charge is -2.16. The van der Waals surface area contributed by atoms with Crippen LogP contribution in [0.15, 0.2) is 30.7 Å². The van der Waals surface area contributed by atoms with Gasteiger partial charge in [-0.1, -0.05) is 0 Å². The van der Waals surface area contributed by atoms with E-state index in [0.717, 1.165) is 21.8 Å². The molecule has 8 heteroatoms. The lowest BCUT2D eigenvalue weighted by Crippen LogP contribution is -2.27. The molecule has 3 aromatic rings. The van der Waals surface area contributed by atoms with Crippen LogP contribution in [0.1, 0.15) is 11.3 Å². The van der Waals surface area contributed by atoms with Crippen molar-refractivity contribution in [1.29, 1.82) is 10.5 Å². The molecule has 1 unspecified atom stereocenters. The molecule has 0 aliphatic carbocycles. The van der Waals surface area contributed by atoms with Gasteiger partial charge in [-0.05, 0) is 18.6 Å². The Balaban J connectivity index is 1.80. The molecule has 1 amide bonds. The SMILES string of the molecule is N#Cc1cnc(-c2cc3c(N4CCC(C#N)C4=O)ccnn3c2)s1. The predicted molar refractivity (Wildman–Crippen MR) is 87.1 cm³/mol. The predicted octanol–water partition coefficient (Wildman–Crippen LogP) is 2.21. The zero-order valence-electron chi connectivity index (χ0n) is 12.4. The Bertz CT molecular complexity index is 1040. The van der Waals surface area contributed by atoms with Crippen molar-refractivity contribution in [3.8, 4) is 22.7 Å². The van der Waals surface area contributed by atoms with Crippen molar-refractivity contribution in [3.63, 3.8) is 0 Å². The number of hydrogen-bond donors (Lipinski definition) is 0. The third-order valence-electron chi connectivity index (χ3n) is 4.00. The van der Waals surface area contributed by atoms with E-state index in [-0.39, 0.29) is 5.91 Å². The Morgan fingerprint density at radius 1 is 1.38 bits per heavy atom. The Labute approximate surface area is 141 Å². The van der Waals surface area contributed by atoms with E-state index in [1.807, 2.05) is 18.3 Å². The molecule has 3 aromatic heterocycles. The molecule has 1 aliphatic heterocycles. The molecule has 0 aromatic carbocycles. The zero-order valence-corrected chi connectivity index (χ0v) is 13.2. The lowest BCUT2D eigenvalue weighted by molar-refractivity contribution is -0.118. The van der Waals surface area contributed by atoms with E-state index < -0.39 is 5.92 Å². The fourth-order valence-electron chi connectivity index (χ4n) is 2.84. The highest BCUT2D eigenvalue weighted by Crippen LogP contribution is 2.32. The maximum absolute atomic E-state index is 12.3. The van der Waals surface area contributed by atoms with Crippen LogP contribution in [0.25, 0.3) is 16.1 Å². The van der Waals surface area contributed by atoms with Crippen LogP contribution in [0.5, 0.6) is 0 Å². The molecule has 1 saturated heterocycles. The minimum absolute atomic E-state index is 0.172. The maximum Gasteiger partial charge on any atom is 0.244 e. The molecule has 0 bridgehead atoms. The molecule has 1 atom stereocenters. The summed E-state index contributed by atoms with van der Waals surface area (Å²) in [4.78, 5) is 18.8. The van der Waals surface area contributed by atoms with Crippen molar-refractivity contribution in [3.05, 3.63) is 35.6 Å². The van der Waals surface area contributed by atoms with E-state index in [1.54, 1.807) is 21.7 Å². The number of fused-ring (bicyclic) bond motifs is 1. The van der Waals surface area contributed by atoms with E-state index in [4.69, 9.17) is 10.5 Å². The van der Waals surface area contributed by atoms with Crippen LogP contribution in [0.4, 0.5) is 5.69 Å². The fraction of sp³-hybridized carbons (Fsp3) is 0.188. The highest BCUT2D eigenvalue weighted by atomic mass is 32.1. The summed E-state index contributed by atoms with van der Waals surface area (Å²) < 4.78 is 1.69. The molecule has 4 heterocycles. The second kappa shape index (κ2) is 5.44. The zero-order chi connectivity index (χ0) is 16.7. The number of nitrogens with zero attached hydrogens (tertiary/aromatic N) is 6. The number of carbonyl (C=O) groups excluding carboxylic acids is 1. The van der Waals surface area contributed by atoms with Crippen LogP contribution in [-0.2, 0) is 4.79 Å². The van der Waals surface area contributed by atoms with Crippen LogP contribution in [0.3, 0.4) is 0 Å². The first-order valence-electron chi connectivity index (χ1n) is 7.26. The Morgan fingerprint density at radius 3 is 2.96 bits per heavy atom. The van der Waals surface area contributed by atoms with Crippen LogP contribution < -0.4 is 4.90 Å². The molecule has 1 fully saturated rings. The second-order valence-corrected chi connectivity index (χ2v) is 6.41. The highest BCUT2D eigenvalue weighted by Gasteiger charge is 2.33. The lowest BCUT2D eigenvalue weighted by atomic mass is 10.1. The van der Waals surface area contributed by atoms with Gasteiger partial charge in [-0.15, -0.1) is 11.3 Å². The highest BCUT2D eigenvalue weighted by molar-refractivity contribution is 7.15. The summed E-state index contributed by atoms with van der Waals surface area (Å²) in [5, 5.41) is 23.0. The largest absolute Gasteiger partial charge is 0.309 e. The standard InChI is InChI=1S/C16H10N6OS/c17-6-10-2-4-21(16(10)23)13-1-3-20-22-9-11(5-14(13)22)15-19-8-12(7-18)24-15/h1,3,5,8-10H,2,4H2. The quantitative estimate of drug-likeness (QED) is 0.715. The molecule has 7 nitrogen and oxygen atoms in total. The monoisotopic (exact) mass is 334 g/mol. The number of nitriles is 2. The molecule has 4 rings (SSSR count). The van der Waals surface area contributed by atoms with Gasteiger partial charge < -0.3 is 4.90 Å². The molecule has 0 saturated carbocycles. The van der Waals surface area contributed by atoms with E-state index in [2.05, 4.69) is 16.2 Å². The van der Waals surface area contributed by atoms with Crippen molar-refractivity contribution >= 4 is 28.4 Å². The Morgan fingerprint density at radius 2 is 2.25 bits per heavy atom. The van der Waals surface area contributed by atoms with Crippen LogP contribution in [0, 0.1) is 28.6 Å². The van der Waals surface area contributed by atoms with Crippen LogP contribution >= 0.6 is 11.3 Å². The Kier molecular flexibility index (Phi) is 3.26. The number of thiazole rings is 1. The van der Waals surface area contributed by atoms with E-state index in [9.17, 15) is 4.79 Å². The number of aromatic nitrogens is 3. The number of anilines is 1. The molecule has 1 aliphatic rings. The van der Waals surface area contributed by atoms with E-state index in [0.29, 0.717) is 17.8 Å². The van der Waals surface area contributed by atoms with Gasteiger partial charge in [0.15, 0.2) is 0 Å². The first-order chi connectivity index (χ1) is 11.7. The van der Waals surface area contributed by atoms with Gasteiger partial charge in [0.2, 0.25) is 5.91 Å². The summed E-state index contributed by atoms with van der Waals surface area (Å²) in [6.07, 6.45) is 5.52. The van der Waals surface area contributed by atoms with Gasteiger partial charge in [0.1, 0.15) is 21.9 Å². The molecule has 116 valence electrons. The number of rotatable bonds is 2. The van der Waals surface area contributed by atoms with Crippen molar-refractivity contribution in [2.75, 3.05) is 11.4 Å². The van der Waals surface area contributed by atoms with Gasteiger partial charge in [0.25, 0.3) is 0 Å². The summed E-state index contributed by atoms with van der Waals surface area (Å²) in [5.74, 6) is -0.751.